The summed E-state index contributed by atoms with van der Waals surface area (Å²) in [4.78, 5) is 24.5. The van der Waals surface area contributed by atoms with Gasteiger partial charge in [-0.05, 0) is 43.3 Å². The van der Waals surface area contributed by atoms with Crippen LogP contribution >= 0.6 is 15.9 Å². The van der Waals surface area contributed by atoms with Crippen LogP contribution < -0.4 is 11.0 Å². The van der Waals surface area contributed by atoms with Crippen molar-refractivity contribution in [2.75, 3.05) is 0 Å². The zero-order valence-electron chi connectivity index (χ0n) is 13.4. The largest absolute Gasteiger partial charge is 0.295 e. The molecule has 2 N–H and O–H groups in total. The van der Waals surface area contributed by atoms with Crippen LogP contribution in [0.15, 0.2) is 69.0 Å². The molecular formula is C18H15BrN4O2. The Balaban J connectivity index is 1.78. The van der Waals surface area contributed by atoms with Gasteiger partial charge in [0.2, 0.25) is 0 Å². The van der Waals surface area contributed by atoms with E-state index in [9.17, 15) is 9.59 Å². The van der Waals surface area contributed by atoms with Crippen molar-refractivity contribution in [3.05, 3.63) is 86.2 Å². The highest BCUT2D eigenvalue weighted by molar-refractivity contribution is 9.10. The average molecular weight is 399 g/mol. The molecule has 0 aliphatic heterocycles. The lowest BCUT2D eigenvalue weighted by atomic mass is 10.2. The summed E-state index contributed by atoms with van der Waals surface area (Å²) in [5.41, 5.74) is 4.45. The van der Waals surface area contributed by atoms with Crippen LogP contribution in [0.2, 0.25) is 0 Å². The smallest absolute Gasteiger partial charge is 0.280 e. The Morgan fingerprint density at radius 2 is 1.84 bits per heavy atom. The third-order valence-corrected chi connectivity index (χ3v) is 4.13. The van der Waals surface area contributed by atoms with Crippen LogP contribution in [0.5, 0.6) is 0 Å². The number of nitrogens with zero attached hydrogens (tertiary/aromatic N) is 2. The van der Waals surface area contributed by atoms with E-state index in [1.165, 1.54) is 10.9 Å². The predicted octanol–water partition coefficient (Wildman–Crippen LogP) is 3.00. The number of para-hydroxylation sites is 1. The molecule has 3 rings (SSSR count). The van der Waals surface area contributed by atoms with Crippen LogP contribution in [0.3, 0.4) is 0 Å². The molecule has 0 bridgehead atoms. The lowest BCUT2D eigenvalue weighted by Crippen LogP contribution is -2.20. The van der Waals surface area contributed by atoms with E-state index in [1.807, 2.05) is 30.3 Å². The highest BCUT2D eigenvalue weighted by atomic mass is 79.9. The number of halogens is 1. The minimum absolute atomic E-state index is 0.231. The Hall–Kier alpha value is -2.93. The van der Waals surface area contributed by atoms with E-state index in [1.54, 1.807) is 31.2 Å². The minimum Gasteiger partial charge on any atom is -0.295 e. The quantitative estimate of drug-likeness (QED) is 0.523. The molecule has 25 heavy (non-hydrogen) atoms. The standard InChI is InChI=1S/C18H15BrN4O2/c1-12-16(18(25)23(22-12)15-5-3-2-4-6-15)11-20-21-17(24)13-7-9-14(19)10-8-13/h2-11,22H,1H3,(H,21,24)/b20-11-. The van der Waals surface area contributed by atoms with Crippen molar-refractivity contribution < 1.29 is 4.79 Å². The van der Waals surface area contributed by atoms with Crippen molar-refractivity contribution in [3.8, 4) is 5.69 Å². The van der Waals surface area contributed by atoms with Gasteiger partial charge in [0.1, 0.15) is 0 Å². The number of amides is 1. The summed E-state index contributed by atoms with van der Waals surface area (Å²) < 4.78 is 2.32. The maximum absolute atomic E-state index is 12.5. The van der Waals surface area contributed by atoms with Crippen LogP contribution in [0, 0.1) is 6.92 Å². The van der Waals surface area contributed by atoms with Gasteiger partial charge in [-0.2, -0.15) is 5.10 Å². The lowest BCUT2D eigenvalue weighted by molar-refractivity contribution is 0.0955. The van der Waals surface area contributed by atoms with Crippen molar-refractivity contribution in [3.63, 3.8) is 0 Å². The number of aryl methyl sites for hydroxylation is 1. The summed E-state index contributed by atoms with van der Waals surface area (Å²) in [6, 6.07) is 16.1. The van der Waals surface area contributed by atoms with Crippen LogP contribution in [-0.2, 0) is 0 Å². The maximum Gasteiger partial charge on any atom is 0.280 e. The van der Waals surface area contributed by atoms with E-state index < -0.39 is 0 Å². The first-order valence-corrected chi connectivity index (χ1v) is 8.31. The van der Waals surface area contributed by atoms with Crippen molar-refractivity contribution in [2.45, 2.75) is 6.92 Å². The number of H-pyrrole nitrogens is 1. The normalized spacial score (nSPS) is 11.0. The van der Waals surface area contributed by atoms with Crippen LogP contribution in [0.4, 0.5) is 0 Å². The Labute approximate surface area is 152 Å². The van der Waals surface area contributed by atoms with Crippen molar-refractivity contribution in [2.24, 2.45) is 5.10 Å². The van der Waals surface area contributed by atoms with Gasteiger partial charge in [0, 0.05) is 15.7 Å². The molecular weight excluding hydrogens is 384 g/mol. The van der Waals surface area contributed by atoms with Crippen LogP contribution in [-0.4, -0.2) is 21.9 Å². The van der Waals surface area contributed by atoms with Gasteiger partial charge in [-0.25, -0.2) is 10.1 Å². The zero-order valence-corrected chi connectivity index (χ0v) is 14.9. The number of carbonyl (C=O) groups excluding carboxylic acids is 1. The van der Waals surface area contributed by atoms with E-state index in [0.29, 0.717) is 16.8 Å². The summed E-state index contributed by atoms with van der Waals surface area (Å²) >= 11 is 3.31. The third kappa shape index (κ3) is 3.77. The molecule has 6 nitrogen and oxygen atoms in total. The first-order chi connectivity index (χ1) is 12.1. The summed E-state index contributed by atoms with van der Waals surface area (Å²) in [6.07, 6.45) is 1.35. The van der Waals surface area contributed by atoms with E-state index >= 15 is 0 Å². The van der Waals surface area contributed by atoms with Gasteiger partial charge in [-0.15, -0.1) is 0 Å². The van der Waals surface area contributed by atoms with E-state index in [4.69, 9.17) is 0 Å². The summed E-state index contributed by atoms with van der Waals surface area (Å²) in [5, 5.41) is 6.90. The second-order valence-electron chi connectivity index (χ2n) is 5.33. The van der Waals surface area contributed by atoms with Crippen molar-refractivity contribution in [1.29, 1.82) is 0 Å². The molecule has 1 amide bonds. The molecule has 0 saturated carbocycles. The van der Waals surface area contributed by atoms with Gasteiger partial charge < -0.3 is 0 Å². The summed E-state index contributed by atoms with van der Waals surface area (Å²) in [5.74, 6) is -0.347. The Morgan fingerprint density at radius 3 is 2.52 bits per heavy atom. The Kier molecular flexibility index (Phi) is 4.95. The topological polar surface area (TPSA) is 79.2 Å². The number of benzene rings is 2. The second-order valence-corrected chi connectivity index (χ2v) is 6.25. The molecule has 0 unspecified atom stereocenters. The first-order valence-electron chi connectivity index (χ1n) is 7.52. The third-order valence-electron chi connectivity index (χ3n) is 3.60. The van der Waals surface area contributed by atoms with Crippen LogP contribution in [0.25, 0.3) is 5.69 Å². The molecule has 3 aromatic rings. The van der Waals surface area contributed by atoms with Crippen molar-refractivity contribution in [1.82, 2.24) is 15.2 Å². The number of carbonyl (C=O) groups is 1. The van der Waals surface area contributed by atoms with E-state index in [0.717, 1.165) is 10.2 Å². The molecule has 1 heterocycles. The zero-order chi connectivity index (χ0) is 17.8. The number of rotatable bonds is 4. The highest BCUT2D eigenvalue weighted by Crippen LogP contribution is 2.10. The number of hydrogen-bond acceptors (Lipinski definition) is 3. The molecule has 1 aromatic heterocycles. The van der Waals surface area contributed by atoms with Gasteiger partial charge in [0.05, 0.1) is 17.5 Å². The first kappa shape index (κ1) is 16.9. The monoisotopic (exact) mass is 398 g/mol. The number of aromatic amines is 1. The van der Waals surface area contributed by atoms with Crippen LogP contribution in [0.1, 0.15) is 21.6 Å². The number of nitrogens with one attached hydrogen (secondary N) is 2. The highest BCUT2D eigenvalue weighted by Gasteiger charge is 2.10. The molecule has 0 saturated heterocycles. The van der Waals surface area contributed by atoms with E-state index in [2.05, 4.69) is 31.6 Å². The summed E-state index contributed by atoms with van der Waals surface area (Å²) in [7, 11) is 0. The molecule has 0 fully saturated rings. The van der Waals surface area contributed by atoms with Crippen molar-refractivity contribution >= 4 is 28.1 Å². The number of aromatic nitrogens is 2. The van der Waals surface area contributed by atoms with Gasteiger partial charge in [0.15, 0.2) is 0 Å². The fourth-order valence-electron chi connectivity index (χ4n) is 2.29. The molecule has 126 valence electrons. The molecule has 0 radical (unpaired) electrons. The minimum atomic E-state index is -0.347. The molecule has 0 atom stereocenters. The van der Waals surface area contributed by atoms with Gasteiger partial charge in [0.25, 0.3) is 11.5 Å². The van der Waals surface area contributed by atoms with Gasteiger partial charge in [-0.1, -0.05) is 34.1 Å². The predicted molar refractivity (Wildman–Crippen MR) is 100 cm³/mol. The molecule has 0 aliphatic rings. The summed E-state index contributed by atoms with van der Waals surface area (Å²) in [6.45, 7) is 1.78. The average Bonchev–Trinajstić information content (AvgIpc) is 2.91. The SMILES string of the molecule is Cc1[nH]n(-c2ccccc2)c(=O)c1/C=N\NC(=O)c1ccc(Br)cc1. The Bertz CT molecular complexity index is 973. The Morgan fingerprint density at radius 1 is 1.16 bits per heavy atom. The fourth-order valence-corrected chi connectivity index (χ4v) is 2.56. The molecule has 0 aliphatic carbocycles. The maximum atomic E-state index is 12.5. The van der Waals surface area contributed by atoms with Gasteiger partial charge in [-0.3, -0.25) is 14.7 Å². The van der Waals surface area contributed by atoms with E-state index in [-0.39, 0.29) is 11.5 Å². The number of hydrazone groups is 1. The molecule has 2 aromatic carbocycles. The lowest BCUT2D eigenvalue weighted by Gasteiger charge is -1.99. The second kappa shape index (κ2) is 7.31. The molecule has 0 spiro atoms. The number of hydrogen-bond donors (Lipinski definition) is 2. The fraction of sp³-hybridized carbons (Fsp3) is 0.0556. The molecule has 7 heteroatoms. The van der Waals surface area contributed by atoms with Gasteiger partial charge >= 0.3 is 0 Å².